The monoisotopic (exact) mass is 772 g/mol. The first-order chi connectivity index (χ1) is 22.1. The van der Waals surface area contributed by atoms with Gasteiger partial charge < -0.3 is 93.2 Å². The molecule has 3 saturated heterocycles. The van der Waals surface area contributed by atoms with Crippen LogP contribution < -0.4 is 0 Å². The molecule has 3 aliphatic heterocycles. The molecule has 3 rings (SSSR count). The third-order valence-electron chi connectivity index (χ3n) is 7.23. The van der Waals surface area contributed by atoms with Gasteiger partial charge in [-0.2, -0.15) is 0 Å². The molecular formula is C20H39O25P3. The topological polar surface area (TPSA) is 386 Å². The van der Waals surface area contributed by atoms with Crippen LogP contribution in [0.5, 0.6) is 0 Å². The lowest BCUT2D eigenvalue weighted by Crippen LogP contribution is -2.66. The maximum atomic E-state index is 11.5. The number of phosphoric acid groups is 3. The molecule has 0 saturated carbocycles. The van der Waals surface area contributed by atoms with Crippen LogP contribution >= 0.6 is 23.5 Å². The van der Waals surface area contributed by atoms with Crippen LogP contribution in [0.2, 0.25) is 0 Å². The summed E-state index contributed by atoms with van der Waals surface area (Å²) in [7, 11) is -13.4. The number of aliphatic hydroxyl groups is 6. The van der Waals surface area contributed by atoms with Crippen LogP contribution in [-0.2, 0) is 60.4 Å². The first-order valence-electron chi connectivity index (χ1n) is 13.6. The molecule has 0 bridgehead atoms. The van der Waals surface area contributed by atoms with E-state index in [1.165, 1.54) is 0 Å². The van der Waals surface area contributed by atoms with Gasteiger partial charge in [0.05, 0.1) is 19.8 Å². The lowest BCUT2D eigenvalue weighted by molar-refractivity contribution is -0.378. The number of rotatable bonds is 15. The van der Waals surface area contributed by atoms with Crippen molar-refractivity contribution in [1.29, 1.82) is 0 Å². The van der Waals surface area contributed by atoms with Crippen LogP contribution in [0, 0.1) is 0 Å². The molecule has 3 aliphatic rings. The third kappa shape index (κ3) is 11.4. The molecule has 3 heterocycles. The Morgan fingerprint density at radius 1 is 0.458 bits per heavy atom. The van der Waals surface area contributed by atoms with Crippen LogP contribution in [-0.4, -0.2) is 186 Å². The van der Waals surface area contributed by atoms with Crippen LogP contribution in [0.15, 0.2) is 0 Å². The lowest BCUT2D eigenvalue weighted by Gasteiger charge is -2.48. The van der Waals surface area contributed by atoms with Crippen LogP contribution in [0.1, 0.15) is 0 Å². The van der Waals surface area contributed by atoms with E-state index < -0.39 is 135 Å². The molecule has 284 valence electrons. The zero-order valence-electron chi connectivity index (χ0n) is 24.8. The Bertz CT molecular complexity index is 1160. The molecule has 25 nitrogen and oxygen atoms in total. The van der Waals surface area contributed by atoms with Gasteiger partial charge in [-0.1, -0.05) is 0 Å². The van der Waals surface area contributed by atoms with E-state index in [4.69, 9.17) is 52.7 Å². The average Bonchev–Trinajstić information content (AvgIpc) is 2.97. The summed E-state index contributed by atoms with van der Waals surface area (Å²) in [6.45, 7) is -3.05. The molecule has 28 heteroatoms. The van der Waals surface area contributed by atoms with Gasteiger partial charge in [0.2, 0.25) is 0 Å². The van der Waals surface area contributed by atoms with Gasteiger partial charge in [0.15, 0.2) is 18.9 Å². The normalized spacial score (nSPS) is 41.8. The fourth-order valence-electron chi connectivity index (χ4n) is 4.99. The second-order valence-electron chi connectivity index (χ2n) is 10.6. The summed E-state index contributed by atoms with van der Waals surface area (Å²) in [5, 5.41) is 64.2. The van der Waals surface area contributed by atoms with Crippen molar-refractivity contribution < 1.29 is 120 Å². The minimum atomic E-state index is -5.27. The first-order valence-corrected chi connectivity index (χ1v) is 18.2. The fraction of sp³-hybridized carbons (Fsp3) is 1.00. The van der Waals surface area contributed by atoms with E-state index in [2.05, 4.69) is 13.6 Å². The van der Waals surface area contributed by atoms with Crippen molar-refractivity contribution in [3.8, 4) is 0 Å². The second-order valence-corrected chi connectivity index (χ2v) is 14.3. The number of aliphatic hydroxyl groups excluding tert-OH is 6. The third-order valence-corrected chi connectivity index (χ3v) is 8.69. The highest BCUT2D eigenvalue weighted by atomic mass is 31.2. The molecule has 48 heavy (non-hydrogen) atoms. The highest BCUT2D eigenvalue weighted by molar-refractivity contribution is 7.46. The number of ether oxygens (including phenoxy) is 7. The molecule has 0 radical (unpaired) electrons. The second kappa shape index (κ2) is 17.1. The van der Waals surface area contributed by atoms with Crippen molar-refractivity contribution >= 4 is 23.5 Å². The first kappa shape index (κ1) is 42.2. The zero-order valence-corrected chi connectivity index (χ0v) is 27.5. The average molecular weight is 772 g/mol. The van der Waals surface area contributed by atoms with E-state index in [-0.39, 0.29) is 0 Å². The highest BCUT2D eigenvalue weighted by Gasteiger charge is 2.54. The van der Waals surface area contributed by atoms with Crippen LogP contribution in [0.3, 0.4) is 0 Å². The molecule has 0 amide bonds. The number of hydrogen-bond donors (Lipinski definition) is 12. The Kier molecular flexibility index (Phi) is 15.0. The fourth-order valence-corrected chi connectivity index (χ4v) is 6.01. The van der Waals surface area contributed by atoms with E-state index in [1.54, 1.807) is 0 Å². The van der Waals surface area contributed by atoms with Gasteiger partial charge in [0, 0.05) is 14.2 Å². The van der Waals surface area contributed by atoms with E-state index >= 15 is 0 Å². The minimum Gasteiger partial charge on any atom is -0.387 e. The Balaban J connectivity index is 1.87. The predicted molar refractivity (Wildman–Crippen MR) is 144 cm³/mol. The van der Waals surface area contributed by atoms with Crippen molar-refractivity contribution in [2.24, 2.45) is 0 Å². The molecule has 0 aromatic carbocycles. The summed E-state index contributed by atoms with van der Waals surface area (Å²) in [5.74, 6) is 0. The van der Waals surface area contributed by atoms with Crippen molar-refractivity contribution in [2.45, 2.75) is 92.1 Å². The number of methoxy groups -OCH3 is 2. The van der Waals surface area contributed by atoms with Gasteiger partial charge in [-0.3, -0.25) is 13.6 Å². The van der Waals surface area contributed by atoms with Gasteiger partial charge in [-0.25, -0.2) is 13.7 Å². The molecule has 0 aromatic rings. The maximum absolute atomic E-state index is 11.5. The summed E-state index contributed by atoms with van der Waals surface area (Å²) in [5.41, 5.74) is 0. The summed E-state index contributed by atoms with van der Waals surface area (Å²) in [6, 6.07) is 0. The quantitative estimate of drug-likeness (QED) is 0.0689. The standard InChI is InChI=1S/C20H39O25P3/c1-36-15-6(3-38-46(27,28)29)42-19(13(25)9(15)21)45-17-8(5-40-48(33,34)35)43-20(14(26)11(17)23)44-16-7(4-39-47(30,31)32)41-18(37-2)12(24)10(16)22/h6-26H,3-5H2,1-2H3,(H2,27,28,29)(H2,30,31,32)(H2,33,34,35). The minimum absolute atomic E-state index is 0.923. The number of phosphoric ester groups is 3. The van der Waals surface area contributed by atoms with E-state index in [0.29, 0.717) is 0 Å². The molecule has 15 unspecified atom stereocenters. The molecule has 0 aromatic heterocycles. The van der Waals surface area contributed by atoms with Crippen molar-refractivity contribution in [2.75, 3.05) is 34.0 Å². The molecule has 12 N–H and O–H groups in total. The van der Waals surface area contributed by atoms with Gasteiger partial charge in [0.1, 0.15) is 73.2 Å². The van der Waals surface area contributed by atoms with Gasteiger partial charge in [-0.05, 0) is 0 Å². The van der Waals surface area contributed by atoms with Gasteiger partial charge in [0.25, 0.3) is 0 Å². The van der Waals surface area contributed by atoms with Crippen molar-refractivity contribution in [1.82, 2.24) is 0 Å². The SMILES string of the molecule is COC1OC(COP(=O)(O)O)C(OC2OC(COP(=O)(O)O)C(OC3OC(COP(=O)(O)O)C(OC)C(O)C3O)C(O)C2O)C(O)C1O. The number of hydrogen-bond acceptors (Lipinski definition) is 19. The lowest BCUT2D eigenvalue weighted by atomic mass is 9.96. The Morgan fingerprint density at radius 3 is 1.06 bits per heavy atom. The molecule has 15 atom stereocenters. The summed E-state index contributed by atoms with van der Waals surface area (Å²) in [4.78, 5) is 54.8. The van der Waals surface area contributed by atoms with Crippen LogP contribution in [0.25, 0.3) is 0 Å². The van der Waals surface area contributed by atoms with Crippen molar-refractivity contribution in [3.05, 3.63) is 0 Å². The summed E-state index contributed by atoms with van der Waals surface area (Å²) in [6.07, 6.45) is -28.2. The Morgan fingerprint density at radius 2 is 0.750 bits per heavy atom. The van der Waals surface area contributed by atoms with E-state index in [0.717, 1.165) is 14.2 Å². The maximum Gasteiger partial charge on any atom is 0.469 e. The Hall–Kier alpha value is -0.190. The van der Waals surface area contributed by atoms with E-state index in [9.17, 15) is 54.1 Å². The molecule has 0 aliphatic carbocycles. The van der Waals surface area contributed by atoms with Crippen molar-refractivity contribution in [3.63, 3.8) is 0 Å². The van der Waals surface area contributed by atoms with E-state index in [1.807, 2.05) is 0 Å². The molecular weight excluding hydrogens is 733 g/mol. The Labute approximate surface area is 270 Å². The smallest absolute Gasteiger partial charge is 0.387 e. The molecule has 0 spiro atoms. The highest BCUT2D eigenvalue weighted by Crippen LogP contribution is 2.41. The van der Waals surface area contributed by atoms with Crippen LogP contribution in [0.4, 0.5) is 0 Å². The predicted octanol–water partition coefficient (Wildman–Crippen LogP) is -5.91. The van der Waals surface area contributed by atoms with Gasteiger partial charge in [-0.15, -0.1) is 0 Å². The summed E-state index contributed by atoms with van der Waals surface area (Å²) >= 11 is 0. The molecule has 3 fully saturated rings. The zero-order chi connectivity index (χ0) is 36.4. The van der Waals surface area contributed by atoms with Gasteiger partial charge >= 0.3 is 23.5 Å². The largest absolute Gasteiger partial charge is 0.469 e. The summed E-state index contributed by atoms with van der Waals surface area (Å²) < 4.78 is 84.5.